The van der Waals surface area contributed by atoms with Crippen LogP contribution < -0.4 is 26.6 Å². The van der Waals surface area contributed by atoms with Crippen LogP contribution >= 0.6 is 0 Å². The van der Waals surface area contributed by atoms with Gasteiger partial charge < -0.3 is 76.2 Å². The summed E-state index contributed by atoms with van der Waals surface area (Å²) in [6.45, 7) is 13.2. The van der Waals surface area contributed by atoms with Crippen LogP contribution in [0.2, 0.25) is 0 Å². The number of aromatic nitrogens is 2. The number of aliphatic hydroxyl groups excluding tert-OH is 8. The highest BCUT2D eigenvalue weighted by atomic mass is 16.6. The molecule has 13 N–H and O–H groups in total. The Morgan fingerprint density at radius 2 is 1.22 bits per heavy atom. The van der Waals surface area contributed by atoms with E-state index < -0.39 is 92.2 Å². The van der Waals surface area contributed by atoms with E-state index in [9.17, 15) is 60.0 Å². The molecule has 20 heteroatoms. The first-order chi connectivity index (χ1) is 30.8. The molecule has 2 aromatic heterocycles. The Morgan fingerprint density at radius 1 is 0.677 bits per heavy atom. The molecule has 4 aliphatic heterocycles. The van der Waals surface area contributed by atoms with Gasteiger partial charge in [-0.2, -0.15) is 0 Å². The monoisotopic (exact) mass is 904 g/mol. The van der Waals surface area contributed by atoms with Crippen LogP contribution in [0, 0.1) is 13.8 Å². The van der Waals surface area contributed by atoms with Crippen molar-refractivity contribution in [2.45, 2.75) is 115 Å². The summed E-state index contributed by atoms with van der Waals surface area (Å²) in [6.07, 6.45) is -4.48. The van der Waals surface area contributed by atoms with Crippen LogP contribution in [-0.2, 0) is 41.5 Å². The predicted molar refractivity (Wildman–Crippen MR) is 233 cm³/mol. The van der Waals surface area contributed by atoms with Crippen molar-refractivity contribution in [3.8, 4) is 0 Å². The molecule has 0 aliphatic carbocycles. The molecule has 4 amide bonds. The molecule has 350 valence electrons. The molecule has 20 nitrogen and oxygen atoms in total. The van der Waals surface area contributed by atoms with Gasteiger partial charge in [-0.25, -0.2) is 4.99 Å². The smallest absolute Gasteiger partial charge is 0.277 e. The molecule has 0 radical (unpaired) electrons. The van der Waals surface area contributed by atoms with Gasteiger partial charge in [0, 0.05) is 51.6 Å². The van der Waals surface area contributed by atoms with Gasteiger partial charge in [0.05, 0.1) is 24.6 Å². The lowest BCUT2D eigenvalue weighted by atomic mass is 9.96. The topological polar surface area (TPSA) is 329 Å². The number of hydrogen-bond acceptors (Lipinski definition) is 14. The number of allylic oxidation sites excluding steroid dienone is 2. The summed E-state index contributed by atoms with van der Waals surface area (Å²) in [4.78, 5) is 63.1. The van der Waals surface area contributed by atoms with E-state index in [0.717, 1.165) is 0 Å². The first-order valence-corrected chi connectivity index (χ1v) is 21.0. The van der Waals surface area contributed by atoms with Gasteiger partial charge in [-0.3, -0.25) is 19.2 Å². The van der Waals surface area contributed by atoms with Crippen LogP contribution in [0.1, 0.15) is 60.3 Å². The van der Waals surface area contributed by atoms with E-state index in [1.807, 2.05) is 6.92 Å². The van der Waals surface area contributed by atoms with Gasteiger partial charge in [0.15, 0.2) is 12.6 Å². The summed E-state index contributed by atoms with van der Waals surface area (Å²) in [5.41, 5.74) is 6.58. The minimum atomic E-state index is -1.73. The van der Waals surface area contributed by atoms with E-state index in [-0.39, 0.29) is 31.6 Å². The summed E-state index contributed by atoms with van der Waals surface area (Å²) in [5, 5.41) is 90.8. The fraction of sp³-hybridized carbons (Fsp3) is 0.444. The van der Waals surface area contributed by atoms with E-state index in [2.05, 4.69) is 44.1 Å². The summed E-state index contributed by atoms with van der Waals surface area (Å²) in [7, 11) is 0. The van der Waals surface area contributed by atoms with Crippen molar-refractivity contribution in [1.82, 2.24) is 25.9 Å². The van der Waals surface area contributed by atoms with Crippen molar-refractivity contribution in [3.63, 3.8) is 0 Å². The fourth-order valence-electron chi connectivity index (χ4n) is 8.38. The summed E-state index contributed by atoms with van der Waals surface area (Å²) < 4.78 is 10.4. The van der Waals surface area contributed by atoms with Gasteiger partial charge in [-0.05, 0) is 86.6 Å². The Kier molecular flexibility index (Phi) is 15.2. The van der Waals surface area contributed by atoms with Gasteiger partial charge in [0.1, 0.15) is 48.7 Å². The van der Waals surface area contributed by atoms with Crippen LogP contribution in [0.3, 0.4) is 0 Å². The van der Waals surface area contributed by atoms with Crippen LogP contribution in [0.25, 0.3) is 18.2 Å². The lowest BCUT2D eigenvalue weighted by molar-refractivity contribution is -0.253. The van der Waals surface area contributed by atoms with Crippen molar-refractivity contribution >= 4 is 47.6 Å². The number of H-pyrrole nitrogens is 2. The number of amides is 4. The van der Waals surface area contributed by atoms with E-state index in [0.29, 0.717) is 78.0 Å². The maximum absolute atomic E-state index is 13.4. The third-order valence-electron chi connectivity index (χ3n) is 12.4. The molecular weight excluding hydrogens is 849 g/mol. The van der Waals surface area contributed by atoms with Gasteiger partial charge in [-0.15, -0.1) is 0 Å². The first-order valence-electron chi connectivity index (χ1n) is 21.0. The highest BCUT2D eigenvalue weighted by molar-refractivity contribution is 6.31. The van der Waals surface area contributed by atoms with Gasteiger partial charge >= 0.3 is 0 Å². The van der Waals surface area contributed by atoms with Gasteiger partial charge in [0.25, 0.3) is 11.8 Å². The van der Waals surface area contributed by atoms with Crippen molar-refractivity contribution in [1.29, 1.82) is 0 Å². The van der Waals surface area contributed by atoms with E-state index in [4.69, 9.17) is 9.47 Å². The SMILES string of the molecule is C=CC1=C(C)C(/C=c2\[nH]/c(=C\c3[nH]c(/C=C4\NC(=O)C(C)=C4C=C)c(C)c3CCC(=O)N[C@H]3C(O)O[C@H](CO)[C@@H](O)[C@@H]3O)c(CCC(=O)N[C@@H]3C(O)O[C@@H](CO)[C@H](O)[C@H]3O)c2C)=NC1=O. The molecule has 2 saturated heterocycles. The number of ether oxygens (including phenoxy) is 2. The number of nitrogens with zero attached hydrogens (tertiary/aromatic N) is 1. The number of aliphatic imine (C=N–C) groups is 1. The summed E-state index contributed by atoms with van der Waals surface area (Å²) >= 11 is 0. The van der Waals surface area contributed by atoms with E-state index in [1.54, 1.807) is 45.1 Å². The highest BCUT2D eigenvalue weighted by Crippen LogP contribution is 2.28. The molecule has 0 bridgehead atoms. The molecule has 4 aliphatic rings. The van der Waals surface area contributed by atoms with Crippen LogP contribution in [-0.4, -0.2) is 155 Å². The zero-order valence-corrected chi connectivity index (χ0v) is 36.3. The predicted octanol–water partition coefficient (Wildman–Crippen LogP) is -3.28. The van der Waals surface area contributed by atoms with Crippen molar-refractivity contribution in [3.05, 3.63) is 97.6 Å². The average molecular weight is 905 g/mol. The normalized spacial score (nSPS) is 29.5. The standard InChI is InChI=1S/C45H56N6O14/c1-7-22-21(6)42(60)49-29(22)14-27-20(5)25(10-12-35(55)51-37-41(59)39(57)33(17-53)65-45(37)63)31(47-27)15-30-24(19(4)26(46-30)13-28-18(3)23(8-2)43(61)48-28)9-11-34(54)50-36-40(58)38(56)32(16-52)64-44(36)62/h7-8,13-15,32-33,36-41,44-47,52-53,56-59,62-63H,1-2,9-12,16-17H2,3-6H3,(H,49,60)(H,50,54)(H,51,55)/b26-13-,29-14-,30-15-/t32-,33+,36-,37+,38-,39+,40-,41+,44?,45?/m0/s1. The molecule has 2 aromatic rings. The molecule has 0 saturated carbocycles. The Hall–Kier alpha value is -5.65. The number of aromatic amines is 2. The molecule has 6 heterocycles. The Morgan fingerprint density at radius 3 is 1.72 bits per heavy atom. The van der Waals surface area contributed by atoms with Crippen molar-refractivity contribution in [2.24, 2.45) is 4.99 Å². The molecule has 0 spiro atoms. The van der Waals surface area contributed by atoms with Crippen LogP contribution in [0.15, 0.2) is 58.3 Å². The summed E-state index contributed by atoms with van der Waals surface area (Å²) in [5.74, 6) is -1.97. The summed E-state index contributed by atoms with van der Waals surface area (Å²) in [6, 6.07) is -2.82. The van der Waals surface area contributed by atoms with Crippen LogP contribution in [0.4, 0.5) is 0 Å². The quantitative estimate of drug-likeness (QED) is 0.0835. The third kappa shape index (κ3) is 9.97. The maximum atomic E-state index is 13.4. The average Bonchev–Trinajstić information content (AvgIpc) is 3.92. The first kappa shape index (κ1) is 48.8. The maximum Gasteiger partial charge on any atom is 0.277 e. The van der Waals surface area contributed by atoms with E-state index in [1.165, 1.54) is 6.08 Å². The Labute approximate surface area is 372 Å². The second-order valence-electron chi connectivity index (χ2n) is 16.3. The number of carbonyl (C=O) groups is 4. The Balaban J connectivity index is 1.40. The zero-order valence-electron chi connectivity index (χ0n) is 36.3. The minimum absolute atomic E-state index is 0.0812. The van der Waals surface area contributed by atoms with E-state index >= 15 is 0 Å². The molecule has 2 fully saturated rings. The molecule has 2 unspecified atom stereocenters. The number of nitrogens with one attached hydrogen (secondary N) is 5. The molecular formula is C45H56N6O14. The number of rotatable bonds is 15. The second kappa shape index (κ2) is 20.3. The van der Waals surface area contributed by atoms with Crippen LogP contribution in [0.5, 0.6) is 0 Å². The number of aliphatic hydroxyl groups is 8. The van der Waals surface area contributed by atoms with Gasteiger partial charge in [-0.1, -0.05) is 25.3 Å². The largest absolute Gasteiger partial charge is 0.394 e. The second-order valence-corrected chi connectivity index (χ2v) is 16.3. The Bertz CT molecular complexity index is 2510. The third-order valence-corrected chi connectivity index (χ3v) is 12.4. The van der Waals surface area contributed by atoms with Crippen molar-refractivity contribution in [2.75, 3.05) is 13.2 Å². The number of hydrogen-bond donors (Lipinski definition) is 13. The zero-order chi connectivity index (χ0) is 47.6. The molecule has 0 aromatic carbocycles. The number of carbonyl (C=O) groups excluding carboxylic acids is 4. The molecule has 10 atom stereocenters. The highest BCUT2D eigenvalue weighted by Gasteiger charge is 2.45. The lowest BCUT2D eigenvalue weighted by Gasteiger charge is -2.40. The fourth-order valence-corrected chi connectivity index (χ4v) is 8.38. The molecule has 65 heavy (non-hydrogen) atoms. The lowest BCUT2D eigenvalue weighted by Crippen LogP contribution is -2.64. The minimum Gasteiger partial charge on any atom is -0.394 e. The van der Waals surface area contributed by atoms with Gasteiger partial charge in [0.2, 0.25) is 11.8 Å². The van der Waals surface area contributed by atoms with Crippen molar-refractivity contribution < 1.29 is 69.5 Å². The molecule has 6 rings (SSSR count).